The lowest BCUT2D eigenvalue weighted by Crippen LogP contribution is -2.39. The van der Waals surface area contributed by atoms with Gasteiger partial charge in [0.25, 0.3) is 0 Å². The van der Waals surface area contributed by atoms with Crippen LogP contribution >= 0.6 is 0 Å². The lowest BCUT2D eigenvalue weighted by atomic mass is 10.1. The van der Waals surface area contributed by atoms with Crippen LogP contribution in [0.3, 0.4) is 0 Å². The fourth-order valence-corrected chi connectivity index (χ4v) is 2.42. The number of hydrogen-bond acceptors (Lipinski definition) is 4. The van der Waals surface area contributed by atoms with Crippen LogP contribution in [-0.2, 0) is 9.53 Å². The molecule has 19 heavy (non-hydrogen) atoms. The Labute approximate surface area is 116 Å². The second kappa shape index (κ2) is 7.82. The van der Waals surface area contributed by atoms with Gasteiger partial charge < -0.3 is 14.7 Å². The molecule has 5 nitrogen and oxygen atoms in total. The number of carboxylic acids is 1. The van der Waals surface area contributed by atoms with Crippen molar-refractivity contribution in [2.45, 2.75) is 38.9 Å². The minimum atomic E-state index is -0.828. The molecule has 0 bridgehead atoms. The summed E-state index contributed by atoms with van der Waals surface area (Å²) in [4.78, 5) is 15.4. The maximum Gasteiger partial charge on any atom is 0.332 e. The first-order valence-electron chi connectivity index (χ1n) is 7.13. The number of hydrogen-bond donors (Lipinski definition) is 1. The Morgan fingerprint density at radius 2 is 2.00 bits per heavy atom. The van der Waals surface area contributed by atoms with Crippen LogP contribution in [-0.4, -0.2) is 73.4 Å². The Bertz CT molecular complexity index is 282. The van der Waals surface area contributed by atoms with Crippen LogP contribution in [0.5, 0.6) is 0 Å². The van der Waals surface area contributed by atoms with Crippen molar-refractivity contribution in [1.29, 1.82) is 0 Å². The summed E-state index contributed by atoms with van der Waals surface area (Å²) in [5, 5.41) is 8.94. The summed E-state index contributed by atoms with van der Waals surface area (Å²) < 4.78 is 5.59. The number of rotatable bonds is 8. The number of carbonyl (C=O) groups is 1. The Balaban J connectivity index is 2.41. The average Bonchev–Trinajstić information content (AvgIpc) is 2.73. The van der Waals surface area contributed by atoms with Crippen molar-refractivity contribution in [2.75, 3.05) is 40.3 Å². The van der Waals surface area contributed by atoms with Gasteiger partial charge in [0.1, 0.15) is 0 Å². The van der Waals surface area contributed by atoms with E-state index in [2.05, 4.69) is 37.7 Å². The first-order chi connectivity index (χ1) is 8.88. The van der Waals surface area contributed by atoms with Crippen molar-refractivity contribution in [2.24, 2.45) is 5.92 Å². The highest BCUT2D eigenvalue weighted by Crippen LogP contribution is 2.21. The van der Waals surface area contributed by atoms with Gasteiger partial charge in [-0.1, -0.05) is 13.8 Å². The Kier molecular flexibility index (Phi) is 6.75. The maximum absolute atomic E-state index is 10.9. The van der Waals surface area contributed by atoms with Crippen molar-refractivity contribution in [3.05, 3.63) is 0 Å². The first-order valence-corrected chi connectivity index (χ1v) is 7.13. The van der Waals surface area contributed by atoms with E-state index in [1.54, 1.807) is 0 Å². The Morgan fingerprint density at radius 3 is 2.47 bits per heavy atom. The molecule has 0 saturated carbocycles. The van der Waals surface area contributed by atoms with E-state index in [1.807, 2.05) is 0 Å². The summed E-state index contributed by atoms with van der Waals surface area (Å²) in [5.41, 5.74) is 0. The van der Waals surface area contributed by atoms with Gasteiger partial charge in [-0.3, -0.25) is 4.90 Å². The van der Waals surface area contributed by atoms with Crippen LogP contribution in [0.2, 0.25) is 0 Å². The zero-order valence-corrected chi connectivity index (χ0v) is 12.6. The molecule has 0 spiro atoms. The molecule has 1 aliphatic heterocycles. The highest BCUT2D eigenvalue weighted by atomic mass is 16.5. The molecule has 112 valence electrons. The largest absolute Gasteiger partial charge is 0.479 e. The van der Waals surface area contributed by atoms with Gasteiger partial charge in [0.05, 0.1) is 6.10 Å². The lowest BCUT2D eigenvalue weighted by Gasteiger charge is -2.28. The molecule has 2 atom stereocenters. The lowest BCUT2D eigenvalue weighted by molar-refractivity contribution is -0.149. The Hall–Kier alpha value is -0.650. The van der Waals surface area contributed by atoms with Crippen molar-refractivity contribution >= 4 is 5.97 Å². The summed E-state index contributed by atoms with van der Waals surface area (Å²) in [6.45, 7) is 8.31. The molecule has 0 aromatic heterocycles. The number of ether oxygens (including phenoxy) is 1. The van der Waals surface area contributed by atoms with Crippen LogP contribution in [0, 0.1) is 5.92 Å². The molecule has 1 heterocycles. The topological polar surface area (TPSA) is 53.0 Å². The Morgan fingerprint density at radius 1 is 1.32 bits per heavy atom. The fourth-order valence-electron chi connectivity index (χ4n) is 2.42. The van der Waals surface area contributed by atoms with Crippen molar-refractivity contribution < 1.29 is 14.6 Å². The second-order valence-corrected chi connectivity index (χ2v) is 6.12. The predicted octanol–water partition coefficient (Wildman–Crippen LogP) is 1.14. The van der Waals surface area contributed by atoms with Crippen LogP contribution in [0.25, 0.3) is 0 Å². The number of likely N-dealkylation sites (N-methyl/N-ethyl adjacent to an activating group) is 1. The van der Waals surface area contributed by atoms with Crippen LogP contribution in [0.4, 0.5) is 0 Å². The normalized spacial score (nSPS) is 23.7. The fraction of sp³-hybridized carbons (Fsp3) is 0.929. The van der Waals surface area contributed by atoms with E-state index in [-0.39, 0.29) is 6.10 Å². The first kappa shape index (κ1) is 16.4. The van der Waals surface area contributed by atoms with E-state index in [1.165, 1.54) is 0 Å². The second-order valence-electron chi connectivity index (χ2n) is 6.12. The molecule has 1 aliphatic rings. The summed E-state index contributed by atoms with van der Waals surface area (Å²) in [6.07, 6.45) is 0.971. The van der Waals surface area contributed by atoms with E-state index < -0.39 is 12.1 Å². The maximum atomic E-state index is 10.9. The molecule has 1 N–H and O–H groups in total. The van der Waals surface area contributed by atoms with Crippen LogP contribution < -0.4 is 0 Å². The van der Waals surface area contributed by atoms with Gasteiger partial charge in [0, 0.05) is 26.2 Å². The van der Waals surface area contributed by atoms with E-state index in [4.69, 9.17) is 9.84 Å². The molecule has 5 heteroatoms. The van der Waals surface area contributed by atoms with E-state index in [9.17, 15) is 4.79 Å². The molecule has 1 rings (SSSR count). The molecule has 1 saturated heterocycles. The average molecular weight is 272 g/mol. The van der Waals surface area contributed by atoms with Gasteiger partial charge in [-0.15, -0.1) is 0 Å². The highest BCUT2D eigenvalue weighted by Gasteiger charge is 2.31. The van der Waals surface area contributed by atoms with E-state index in [0.717, 1.165) is 32.6 Å². The smallest absolute Gasteiger partial charge is 0.332 e. The molecule has 0 aliphatic carbocycles. The molecule has 0 aromatic carbocycles. The third-order valence-electron chi connectivity index (χ3n) is 3.33. The van der Waals surface area contributed by atoms with Gasteiger partial charge in [0.15, 0.2) is 6.10 Å². The third kappa shape index (κ3) is 6.36. The van der Waals surface area contributed by atoms with E-state index in [0.29, 0.717) is 12.3 Å². The van der Waals surface area contributed by atoms with Gasteiger partial charge in [0.2, 0.25) is 0 Å². The molecule has 1 fully saturated rings. The highest BCUT2D eigenvalue weighted by molar-refractivity contribution is 5.72. The van der Waals surface area contributed by atoms with Crippen molar-refractivity contribution in [3.8, 4) is 0 Å². The van der Waals surface area contributed by atoms with Gasteiger partial charge in [-0.25, -0.2) is 4.79 Å². The number of nitrogens with zero attached hydrogens (tertiary/aromatic N) is 2. The molecule has 0 aromatic rings. The summed E-state index contributed by atoms with van der Waals surface area (Å²) in [6, 6.07) is 0. The van der Waals surface area contributed by atoms with Crippen LogP contribution in [0.1, 0.15) is 26.7 Å². The zero-order valence-electron chi connectivity index (χ0n) is 12.6. The summed E-state index contributed by atoms with van der Waals surface area (Å²) in [7, 11) is 4.14. The summed E-state index contributed by atoms with van der Waals surface area (Å²) >= 11 is 0. The van der Waals surface area contributed by atoms with Gasteiger partial charge in [-0.2, -0.15) is 0 Å². The zero-order chi connectivity index (χ0) is 14.4. The monoisotopic (exact) mass is 272 g/mol. The quantitative estimate of drug-likeness (QED) is 0.718. The molecular weight excluding hydrogens is 244 g/mol. The van der Waals surface area contributed by atoms with Crippen molar-refractivity contribution in [3.63, 3.8) is 0 Å². The van der Waals surface area contributed by atoms with Gasteiger partial charge in [-0.05, 0) is 32.9 Å². The number of carboxylic acid groups (broad SMARTS) is 1. The van der Waals surface area contributed by atoms with Crippen LogP contribution in [0.15, 0.2) is 0 Å². The van der Waals surface area contributed by atoms with Gasteiger partial charge >= 0.3 is 5.97 Å². The van der Waals surface area contributed by atoms with E-state index >= 15 is 0 Å². The predicted molar refractivity (Wildman–Crippen MR) is 75.4 cm³/mol. The minimum Gasteiger partial charge on any atom is -0.479 e. The molecular formula is C14H28N2O3. The summed E-state index contributed by atoms with van der Waals surface area (Å²) in [5.74, 6) is -0.218. The SMILES string of the molecule is CC(C)CN(CCN(C)C)CC1CCC(C(=O)O)O1. The third-order valence-corrected chi connectivity index (χ3v) is 3.33. The minimum absolute atomic E-state index is 0.0713. The number of aliphatic carboxylic acids is 1. The molecule has 2 unspecified atom stereocenters. The molecule has 0 amide bonds. The standard InChI is InChI=1S/C14H28N2O3/c1-11(2)9-16(8-7-15(3)4)10-12-5-6-13(19-12)14(17)18/h11-13H,5-10H2,1-4H3,(H,17,18). The molecule has 0 radical (unpaired) electrons. The van der Waals surface area contributed by atoms with Crippen molar-refractivity contribution in [1.82, 2.24) is 9.80 Å².